The van der Waals surface area contributed by atoms with Crippen LogP contribution in [-0.4, -0.2) is 62.2 Å². The van der Waals surface area contributed by atoms with Crippen LogP contribution in [0.1, 0.15) is 18.9 Å². The summed E-state index contributed by atoms with van der Waals surface area (Å²) in [6, 6.07) is 12.0. The van der Waals surface area contributed by atoms with Crippen LogP contribution in [0.2, 0.25) is 0 Å². The number of nitrogens with one attached hydrogen (secondary N) is 1. The van der Waals surface area contributed by atoms with Crippen molar-refractivity contribution in [3.63, 3.8) is 0 Å². The Balaban J connectivity index is 1.95. The lowest BCUT2D eigenvalue weighted by Crippen LogP contribution is -2.58. The van der Waals surface area contributed by atoms with Crippen LogP contribution in [-0.2, 0) is 6.42 Å². The van der Waals surface area contributed by atoms with Crippen molar-refractivity contribution in [2.45, 2.75) is 31.8 Å². The number of benzene rings is 1. The van der Waals surface area contributed by atoms with E-state index in [-0.39, 0.29) is 0 Å². The lowest BCUT2D eigenvalue weighted by molar-refractivity contribution is 0.0858. The van der Waals surface area contributed by atoms with Crippen LogP contribution in [0, 0.1) is 0 Å². The van der Waals surface area contributed by atoms with Gasteiger partial charge < -0.3 is 10.2 Å². The summed E-state index contributed by atoms with van der Waals surface area (Å²) in [7, 11) is 4.50. The molecule has 3 nitrogen and oxygen atoms in total. The lowest BCUT2D eigenvalue weighted by Gasteiger charge is -2.42. The standard InChI is InChI=1S/C17H29N3/c1-4-18-16(11-10-15-8-6-5-7-9-15)17-14-19(2)12-13-20(17)3/h5-9,16-18H,4,10-14H2,1-3H3. The van der Waals surface area contributed by atoms with Gasteiger partial charge in [-0.3, -0.25) is 4.90 Å². The number of aryl methyl sites for hydroxylation is 1. The van der Waals surface area contributed by atoms with E-state index in [2.05, 4.69) is 66.5 Å². The molecule has 0 amide bonds. The molecule has 20 heavy (non-hydrogen) atoms. The summed E-state index contributed by atoms with van der Waals surface area (Å²) < 4.78 is 0. The third-order valence-electron chi connectivity index (χ3n) is 4.42. The quantitative estimate of drug-likeness (QED) is 0.855. The molecule has 0 saturated carbocycles. The molecule has 1 N–H and O–H groups in total. The Morgan fingerprint density at radius 1 is 1.20 bits per heavy atom. The largest absolute Gasteiger partial charge is 0.313 e. The zero-order valence-electron chi connectivity index (χ0n) is 13.2. The highest BCUT2D eigenvalue weighted by Gasteiger charge is 2.28. The highest BCUT2D eigenvalue weighted by atomic mass is 15.3. The summed E-state index contributed by atoms with van der Waals surface area (Å²) in [4.78, 5) is 4.98. The van der Waals surface area contributed by atoms with Crippen LogP contribution in [0.4, 0.5) is 0 Å². The first-order valence-corrected chi connectivity index (χ1v) is 7.86. The maximum Gasteiger partial charge on any atom is 0.0374 e. The number of hydrogen-bond donors (Lipinski definition) is 1. The second-order valence-corrected chi connectivity index (χ2v) is 6.00. The summed E-state index contributed by atoms with van der Waals surface area (Å²) in [5, 5.41) is 3.71. The molecule has 2 rings (SSSR count). The Hall–Kier alpha value is -0.900. The molecule has 112 valence electrons. The molecule has 0 aliphatic carbocycles. The van der Waals surface area contributed by atoms with Crippen LogP contribution >= 0.6 is 0 Å². The molecule has 3 heteroatoms. The van der Waals surface area contributed by atoms with Gasteiger partial charge in [-0.15, -0.1) is 0 Å². The average Bonchev–Trinajstić information content (AvgIpc) is 2.47. The number of rotatable bonds is 6. The number of hydrogen-bond acceptors (Lipinski definition) is 3. The molecule has 0 bridgehead atoms. The summed E-state index contributed by atoms with van der Waals surface area (Å²) in [5.41, 5.74) is 1.45. The topological polar surface area (TPSA) is 18.5 Å². The molecule has 2 atom stereocenters. The van der Waals surface area contributed by atoms with Gasteiger partial charge in [-0.2, -0.15) is 0 Å². The number of likely N-dealkylation sites (N-methyl/N-ethyl adjacent to an activating group) is 3. The molecule has 1 fully saturated rings. The highest BCUT2D eigenvalue weighted by Crippen LogP contribution is 2.15. The Morgan fingerprint density at radius 2 is 1.95 bits per heavy atom. The van der Waals surface area contributed by atoms with E-state index >= 15 is 0 Å². The average molecular weight is 275 g/mol. The summed E-state index contributed by atoms with van der Waals surface area (Å²) in [5.74, 6) is 0. The predicted octanol–water partition coefficient (Wildman–Crippen LogP) is 1.84. The predicted molar refractivity (Wildman–Crippen MR) is 86.1 cm³/mol. The van der Waals surface area contributed by atoms with Crippen LogP contribution in [0.5, 0.6) is 0 Å². The summed E-state index contributed by atoms with van der Waals surface area (Å²) in [6.45, 7) is 6.79. The zero-order chi connectivity index (χ0) is 14.4. The zero-order valence-corrected chi connectivity index (χ0v) is 13.2. The molecule has 0 aromatic heterocycles. The smallest absolute Gasteiger partial charge is 0.0374 e. The summed E-state index contributed by atoms with van der Waals surface area (Å²) in [6.07, 6.45) is 2.37. The monoisotopic (exact) mass is 275 g/mol. The molecule has 1 aromatic carbocycles. The number of piperazine rings is 1. The minimum Gasteiger partial charge on any atom is -0.313 e. The van der Waals surface area contributed by atoms with E-state index in [0.717, 1.165) is 13.0 Å². The third kappa shape index (κ3) is 4.30. The van der Waals surface area contributed by atoms with Crippen LogP contribution in [0.15, 0.2) is 30.3 Å². The van der Waals surface area contributed by atoms with Crippen molar-refractivity contribution in [1.82, 2.24) is 15.1 Å². The van der Waals surface area contributed by atoms with Gasteiger partial charge >= 0.3 is 0 Å². The fourth-order valence-electron chi connectivity index (χ4n) is 3.14. The van der Waals surface area contributed by atoms with E-state index in [1.807, 2.05) is 0 Å². The lowest BCUT2D eigenvalue weighted by atomic mass is 9.96. The van der Waals surface area contributed by atoms with Crippen molar-refractivity contribution < 1.29 is 0 Å². The molecule has 1 aliphatic rings. The van der Waals surface area contributed by atoms with E-state index < -0.39 is 0 Å². The van der Waals surface area contributed by atoms with Crippen LogP contribution < -0.4 is 5.32 Å². The van der Waals surface area contributed by atoms with E-state index in [4.69, 9.17) is 0 Å². The van der Waals surface area contributed by atoms with Gasteiger partial charge in [0.05, 0.1) is 0 Å². The minimum absolute atomic E-state index is 0.577. The third-order valence-corrected chi connectivity index (χ3v) is 4.42. The Labute approximate surface area is 124 Å². The van der Waals surface area contributed by atoms with E-state index in [9.17, 15) is 0 Å². The van der Waals surface area contributed by atoms with Gasteiger partial charge in [0.15, 0.2) is 0 Å². The van der Waals surface area contributed by atoms with Gasteiger partial charge in [0, 0.05) is 31.7 Å². The first-order chi connectivity index (χ1) is 9.70. The first kappa shape index (κ1) is 15.5. The Kier molecular flexibility index (Phi) is 6.02. The van der Waals surface area contributed by atoms with E-state index in [1.54, 1.807) is 0 Å². The molecule has 1 saturated heterocycles. The van der Waals surface area contributed by atoms with Crippen molar-refractivity contribution in [2.75, 3.05) is 40.3 Å². The van der Waals surface area contributed by atoms with Crippen molar-refractivity contribution in [2.24, 2.45) is 0 Å². The molecule has 0 spiro atoms. The molecule has 1 aromatic rings. The summed E-state index contributed by atoms with van der Waals surface area (Å²) >= 11 is 0. The maximum atomic E-state index is 3.71. The second-order valence-electron chi connectivity index (χ2n) is 6.00. The number of nitrogens with zero attached hydrogens (tertiary/aromatic N) is 2. The van der Waals surface area contributed by atoms with Gasteiger partial charge in [0.1, 0.15) is 0 Å². The molecule has 1 aliphatic heterocycles. The minimum atomic E-state index is 0.577. The van der Waals surface area contributed by atoms with Gasteiger partial charge in [-0.1, -0.05) is 37.3 Å². The molecular formula is C17H29N3. The fourth-order valence-corrected chi connectivity index (χ4v) is 3.14. The molecule has 1 heterocycles. The van der Waals surface area contributed by atoms with Gasteiger partial charge in [0.25, 0.3) is 0 Å². The maximum absolute atomic E-state index is 3.71. The Bertz CT molecular complexity index is 379. The fraction of sp³-hybridized carbons (Fsp3) is 0.647. The molecular weight excluding hydrogens is 246 g/mol. The van der Waals surface area contributed by atoms with Gasteiger partial charge in [-0.05, 0) is 39.0 Å². The van der Waals surface area contributed by atoms with Crippen molar-refractivity contribution in [3.8, 4) is 0 Å². The highest BCUT2D eigenvalue weighted by molar-refractivity contribution is 5.15. The first-order valence-electron chi connectivity index (χ1n) is 7.86. The van der Waals surface area contributed by atoms with Crippen molar-refractivity contribution in [3.05, 3.63) is 35.9 Å². The SMILES string of the molecule is CCNC(CCc1ccccc1)C1CN(C)CCN1C. The van der Waals surface area contributed by atoms with Gasteiger partial charge in [0.2, 0.25) is 0 Å². The van der Waals surface area contributed by atoms with Crippen molar-refractivity contribution in [1.29, 1.82) is 0 Å². The Morgan fingerprint density at radius 3 is 2.65 bits per heavy atom. The molecule has 2 unspecified atom stereocenters. The van der Waals surface area contributed by atoms with E-state index in [1.165, 1.54) is 31.6 Å². The second kappa shape index (κ2) is 7.77. The molecule has 0 radical (unpaired) electrons. The van der Waals surface area contributed by atoms with E-state index in [0.29, 0.717) is 12.1 Å². The van der Waals surface area contributed by atoms with Gasteiger partial charge in [-0.25, -0.2) is 0 Å². The van der Waals surface area contributed by atoms with Crippen LogP contribution in [0.3, 0.4) is 0 Å². The van der Waals surface area contributed by atoms with Crippen molar-refractivity contribution >= 4 is 0 Å². The van der Waals surface area contributed by atoms with Crippen LogP contribution in [0.25, 0.3) is 0 Å². The normalized spacial score (nSPS) is 22.9.